The number of aromatic nitrogens is 2. The van der Waals surface area contributed by atoms with E-state index in [1.807, 2.05) is 11.7 Å². The fourth-order valence-electron chi connectivity index (χ4n) is 3.10. The van der Waals surface area contributed by atoms with Gasteiger partial charge >= 0.3 is 0 Å². The van der Waals surface area contributed by atoms with Crippen LogP contribution in [0.1, 0.15) is 55.6 Å². The fraction of sp³-hybridized carbons (Fsp3) is 0.786. The molecule has 2 rings (SSSR count). The molecule has 0 amide bonds. The number of aliphatic hydroxyl groups excluding tert-OH is 1. The number of nitrogens with one attached hydrogen (secondary N) is 1. The van der Waals surface area contributed by atoms with Crippen molar-refractivity contribution in [2.45, 2.75) is 64.6 Å². The minimum atomic E-state index is -0.0831. The highest BCUT2D eigenvalue weighted by Crippen LogP contribution is 2.25. The lowest BCUT2D eigenvalue weighted by Crippen LogP contribution is -2.36. The second kappa shape index (κ2) is 5.41. The van der Waals surface area contributed by atoms with Gasteiger partial charge < -0.3 is 10.4 Å². The summed E-state index contributed by atoms with van der Waals surface area (Å²) in [4.78, 5) is 0. The van der Waals surface area contributed by atoms with Crippen molar-refractivity contribution in [2.75, 3.05) is 0 Å². The summed E-state index contributed by atoms with van der Waals surface area (Å²) < 4.78 is 1.95. The number of aryl methyl sites for hydroxylation is 2. The largest absolute Gasteiger partial charge is 0.393 e. The van der Waals surface area contributed by atoms with Crippen LogP contribution in [0.15, 0.2) is 0 Å². The molecule has 0 aliphatic heterocycles. The van der Waals surface area contributed by atoms with Gasteiger partial charge in [0.2, 0.25) is 0 Å². The lowest BCUT2D eigenvalue weighted by molar-refractivity contribution is 0.114. The summed E-state index contributed by atoms with van der Waals surface area (Å²) >= 11 is 0. The van der Waals surface area contributed by atoms with Crippen LogP contribution in [0.25, 0.3) is 0 Å². The van der Waals surface area contributed by atoms with E-state index in [1.54, 1.807) is 0 Å². The highest BCUT2D eigenvalue weighted by atomic mass is 16.3. The highest BCUT2D eigenvalue weighted by Gasteiger charge is 2.23. The minimum absolute atomic E-state index is 0.0831. The van der Waals surface area contributed by atoms with Crippen molar-refractivity contribution in [3.63, 3.8) is 0 Å². The van der Waals surface area contributed by atoms with Crippen LogP contribution in [-0.2, 0) is 7.05 Å². The molecule has 1 aliphatic rings. The maximum atomic E-state index is 9.53. The summed E-state index contributed by atoms with van der Waals surface area (Å²) in [7, 11) is 2.00. The number of aliphatic hydroxyl groups is 1. The van der Waals surface area contributed by atoms with Gasteiger partial charge in [0.15, 0.2) is 0 Å². The van der Waals surface area contributed by atoms with Crippen LogP contribution in [-0.4, -0.2) is 27.0 Å². The van der Waals surface area contributed by atoms with E-state index < -0.39 is 0 Å². The number of nitrogens with zero attached hydrogens (tertiary/aromatic N) is 2. The Morgan fingerprint density at radius 2 is 1.89 bits per heavy atom. The normalized spacial score (nSPS) is 26.3. The standard InChI is InChI=1S/C14H25N3O/c1-9(14-10(2)16-17(4)11(14)3)15-12-5-7-13(18)8-6-12/h9,12-13,15,18H,5-8H2,1-4H3. The topological polar surface area (TPSA) is 50.1 Å². The van der Waals surface area contributed by atoms with E-state index in [9.17, 15) is 5.11 Å². The van der Waals surface area contributed by atoms with Gasteiger partial charge in [-0.15, -0.1) is 0 Å². The van der Waals surface area contributed by atoms with Gasteiger partial charge in [0.05, 0.1) is 11.8 Å². The van der Waals surface area contributed by atoms with E-state index in [4.69, 9.17) is 0 Å². The molecule has 1 heterocycles. The zero-order valence-electron chi connectivity index (χ0n) is 11.9. The third kappa shape index (κ3) is 2.75. The first-order valence-corrected chi connectivity index (χ1v) is 6.93. The Labute approximate surface area is 109 Å². The van der Waals surface area contributed by atoms with Gasteiger partial charge in [-0.25, -0.2) is 0 Å². The van der Waals surface area contributed by atoms with Gasteiger partial charge in [0.25, 0.3) is 0 Å². The summed E-state index contributed by atoms with van der Waals surface area (Å²) in [5.41, 5.74) is 3.68. The predicted octanol–water partition coefficient (Wildman–Crippen LogP) is 1.99. The van der Waals surface area contributed by atoms with E-state index in [-0.39, 0.29) is 6.10 Å². The Balaban J connectivity index is 2.01. The molecule has 4 nitrogen and oxygen atoms in total. The molecule has 18 heavy (non-hydrogen) atoms. The summed E-state index contributed by atoms with van der Waals surface area (Å²) in [5.74, 6) is 0. The SMILES string of the molecule is Cc1nn(C)c(C)c1C(C)NC1CCC(O)CC1. The van der Waals surface area contributed by atoms with Gasteiger partial charge in [0.1, 0.15) is 0 Å². The molecule has 4 heteroatoms. The van der Waals surface area contributed by atoms with Gasteiger partial charge in [-0.2, -0.15) is 5.10 Å². The van der Waals surface area contributed by atoms with Crippen molar-refractivity contribution < 1.29 is 5.11 Å². The molecule has 1 aromatic heterocycles. The first-order chi connectivity index (χ1) is 8.49. The Morgan fingerprint density at radius 3 is 2.39 bits per heavy atom. The zero-order valence-corrected chi connectivity index (χ0v) is 11.9. The molecule has 1 fully saturated rings. The van der Waals surface area contributed by atoms with Gasteiger partial charge in [-0.3, -0.25) is 4.68 Å². The smallest absolute Gasteiger partial charge is 0.0644 e. The van der Waals surface area contributed by atoms with Crippen molar-refractivity contribution in [3.05, 3.63) is 17.0 Å². The van der Waals surface area contributed by atoms with Crippen LogP contribution in [0.5, 0.6) is 0 Å². The van der Waals surface area contributed by atoms with Gasteiger partial charge in [-0.05, 0) is 46.5 Å². The number of rotatable bonds is 3. The third-order valence-corrected chi connectivity index (χ3v) is 4.18. The molecule has 0 aromatic carbocycles. The molecule has 1 saturated carbocycles. The zero-order chi connectivity index (χ0) is 13.3. The summed E-state index contributed by atoms with van der Waals surface area (Å²) in [6.45, 7) is 6.41. The minimum Gasteiger partial charge on any atom is -0.393 e. The van der Waals surface area contributed by atoms with Crippen molar-refractivity contribution in [1.29, 1.82) is 0 Å². The van der Waals surface area contributed by atoms with Gasteiger partial charge in [0, 0.05) is 30.4 Å². The predicted molar refractivity (Wildman–Crippen MR) is 72.5 cm³/mol. The van der Waals surface area contributed by atoms with Crippen LogP contribution in [0.3, 0.4) is 0 Å². The first-order valence-electron chi connectivity index (χ1n) is 6.93. The Bertz CT molecular complexity index is 405. The molecule has 0 bridgehead atoms. The molecule has 0 saturated heterocycles. The van der Waals surface area contributed by atoms with E-state index >= 15 is 0 Å². The van der Waals surface area contributed by atoms with Crippen LogP contribution >= 0.6 is 0 Å². The van der Waals surface area contributed by atoms with Crippen LogP contribution in [0, 0.1) is 13.8 Å². The van der Waals surface area contributed by atoms with E-state index in [1.165, 1.54) is 11.3 Å². The Morgan fingerprint density at radius 1 is 1.28 bits per heavy atom. The van der Waals surface area contributed by atoms with E-state index in [0.717, 1.165) is 31.4 Å². The third-order valence-electron chi connectivity index (χ3n) is 4.18. The van der Waals surface area contributed by atoms with Crippen molar-refractivity contribution in [1.82, 2.24) is 15.1 Å². The van der Waals surface area contributed by atoms with Crippen LogP contribution < -0.4 is 5.32 Å². The molecule has 1 unspecified atom stereocenters. The quantitative estimate of drug-likeness (QED) is 0.864. The molecule has 0 spiro atoms. The van der Waals surface area contributed by atoms with Crippen molar-refractivity contribution in [3.8, 4) is 0 Å². The lowest BCUT2D eigenvalue weighted by atomic mass is 9.92. The van der Waals surface area contributed by atoms with E-state index in [0.29, 0.717) is 12.1 Å². The lowest BCUT2D eigenvalue weighted by Gasteiger charge is -2.29. The molecule has 102 valence electrons. The fourth-order valence-corrected chi connectivity index (χ4v) is 3.10. The number of hydrogen-bond acceptors (Lipinski definition) is 3. The number of hydrogen-bond donors (Lipinski definition) is 2. The van der Waals surface area contributed by atoms with Gasteiger partial charge in [-0.1, -0.05) is 0 Å². The highest BCUT2D eigenvalue weighted by molar-refractivity contribution is 5.27. The molecular weight excluding hydrogens is 226 g/mol. The summed E-state index contributed by atoms with van der Waals surface area (Å²) in [6, 6.07) is 0.862. The van der Waals surface area contributed by atoms with Crippen molar-refractivity contribution >= 4 is 0 Å². The second-order valence-electron chi connectivity index (χ2n) is 5.60. The maximum absolute atomic E-state index is 9.53. The Hall–Kier alpha value is -0.870. The summed E-state index contributed by atoms with van der Waals surface area (Å²) in [5, 5.41) is 17.7. The molecule has 1 aliphatic carbocycles. The Kier molecular flexibility index (Phi) is 4.07. The average Bonchev–Trinajstić information content (AvgIpc) is 2.56. The first kappa shape index (κ1) is 13.6. The second-order valence-corrected chi connectivity index (χ2v) is 5.60. The maximum Gasteiger partial charge on any atom is 0.0644 e. The summed E-state index contributed by atoms with van der Waals surface area (Å²) in [6.07, 6.45) is 3.92. The van der Waals surface area contributed by atoms with Crippen LogP contribution in [0.2, 0.25) is 0 Å². The monoisotopic (exact) mass is 251 g/mol. The average molecular weight is 251 g/mol. The molecule has 1 atom stereocenters. The van der Waals surface area contributed by atoms with Crippen LogP contribution in [0.4, 0.5) is 0 Å². The van der Waals surface area contributed by atoms with Crippen molar-refractivity contribution in [2.24, 2.45) is 7.05 Å². The van der Waals surface area contributed by atoms with E-state index in [2.05, 4.69) is 31.2 Å². The molecule has 0 radical (unpaired) electrons. The molecule has 2 N–H and O–H groups in total. The molecule has 1 aromatic rings. The molecular formula is C14H25N3O.